The zero-order chi connectivity index (χ0) is 12.6. The fourth-order valence-corrected chi connectivity index (χ4v) is 1.92. The zero-order valence-corrected chi connectivity index (χ0v) is 12.2. The van der Waals surface area contributed by atoms with Crippen LogP contribution in [0.3, 0.4) is 0 Å². The summed E-state index contributed by atoms with van der Waals surface area (Å²) in [6.45, 7) is 9.09. The van der Waals surface area contributed by atoms with Crippen molar-refractivity contribution in [3.05, 3.63) is 11.4 Å². The van der Waals surface area contributed by atoms with E-state index in [0.29, 0.717) is 5.69 Å². The summed E-state index contributed by atoms with van der Waals surface area (Å²) in [5.41, 5.74) is 1.43. The van der Waals surface area contributed by atoms with Crippen molar-refractivity contribution in [2.45, 2.75) is 44.5 Å². The van der Waals surface area contributed by atoms with Crippen molar-refractivity contribution in [1.82, 2.24) is 15.0 Å². The van der Waals surface area contributed by atoms with Gasteiger partial charge in [-0.3, -0.25) is 0 Å². The Morgan fingerprint density at radius 2 is 1.75 bits per heavy atom. The van der Waals surface area contributed by atoms with Crippen LogP contribution < -0.4 is 0 Å². The Labute approximate surface area is 111 Å². The van der Waals surface area contributed by atoms with Crippen LogP contribution >= 0.6 is 34.8 Å². The summed E-state index contributed by atoms with van der Waals surface area (Å²) in [6.07, 6.45) is 0.775. The van der Waals surface area contributed by atoms with Gasteiger partial charge >= 0.3 is 0 Å². The van der Waals surface area contributed by atoms with E-state index in [2.05, 4.69) is 31.1 Å². The maximum Gasteiger partial charge on any atom is 0.236 e. The SMILES string of the molecule is CCn1nnc(C(Cl)(Cl)Cl)c1CC(C)(C)C. The first-order valence-electron chi connectivity index (χ1n) is 5.14. The number of nitrogens with zero attached hydrogens (tertiary/aromatic N) is 3. The van der Waals surface area contributed by atoms with Crippen molar-refractivity contribution in [3.63, 3.8) is 0 Å². The summed E-state index contributed by atoms with van der Waals surface area (Å²) in [6, 6.07) is 0. The van der Waals surface area contributed by atoms with E-state index in [1.165, 1.54) is 0 Å². The number of hydrogen-bond donors (Lipinski definition) is 0. The quantitative estimate of drug-likeness (QED) is 0.775. The molecule has 1 heterocycles. The van der Waals surface area contributed by atoms with Crippen LogP contribution in [0.5, 0.6) is 0 Å². The average molecular weight is 285 g/mol. The van der Waals surface area contributed by atoms with E-state index in [4.69, 9.17) is 34.8 Å². The molecular weight excluding hydrogens is 268 g/mol. The Balaban J connectivity index is 3.17. The van der Waals surface area contributed by atoms with Crippen molar-refractivity contribution >= 4 is 34.8 Å². The van der Waals surface area contributed by atoms with Gasteiger partial charge in [-0.2, -0.15) is 0 Å². The van der Waals surface area contributed by atoms with Gasteiger partial charge in [0.2, 0.25) is 3.79 Å². The Morgan fingerprint density at radius 1 is 1.19 bits per heavy atom. The fraction of sp³-hybridized carbons (Fsp3) is 0.800. The minimum Gasteiger partial charge on any atom is -0.249 e. The molecule has 6 heteroatoms. The molecule has 0 atom stereocenters. The summed E-state index contributed by atoms with van der Waals surface area (Å²) >= 11 is 17.6. The minimum absolute atomic E-state index is 0.0965. The molecule has 0 spiro atoms. The van der Waals surface area contributed by atoms with Crippen LogP contribution in [0.4, 0.5) is 0 Å². The molecule has 0 aliphatic heterocycles. The number of alkyl halides is 3. The molecule has 0 bridgehead atoms. The zero-order valence-electron chi connectivity index (χ0n) is 9.89. The van der Waals surface area contributed by atoms with E-state index in [9.17, 15) is 0 Å². The van der Waals surface area contributed by atoms with Crippen LogP contribution in [0.15, 0.2) is 0 Å². The number of rotatable bonds is 2. The lowest BCUT2D eigenvalue weighted by molar-refractivity contribution is 0.392. The van der Waals surface area contributed by atoms with E-state index >= 15 is 0 Å². The first-order chi connectivity index (χ1) is 7.15. The maximum absolute atomic E-state index is 5.88. The molecule has 1 rings (SSSR count). The fourth-order valence-electron chi connectivity index (χ4n) is 1.48. The Hall–Kier alpha value is 0.01000. The topological polar surface area (TPSA) is 30.7 Å². The smallest absolute Gasteiger partial charge is 0.236 e. The van der Waals surface area contributed by atoms with Gasteiger partial charge in [0.1, 0.15) is 5.69 Å². The van der Waals surface area contributed by atoms with Crippen LogP contribution in [0.2, 0.25) is 0 Å². The second-order valence-corrected chi connectivity index (χ2v) is 7.22. The molecule has 0 N–H and O–H groups in total. The van der Waals surface area contributed by atoms with Gasteiger partial charge in [0.05, 0.1) is 5.69 Å². The summed E-state index contributed by atoms with van der Waals surface area (Å²) in [5.74, 6) is 0. The molecule has 0 unspecified atom stereocenters. The van der Waals surface area contributed by atoms with Crippen LogP contribution in [0, 0.1) is 5.41 Å². The van der Waals surface area contributed by atoms with Crippen LogP contribution in [0.1, 0.15) is 39.1 Å². The molecule has 0 aliphatic carbocycles. The van der Waals surface area contributed by atoms with E-state index in [-0.39, 0.29) is 5.41 Å². The van der Waals surface area contributed by atoms with E-state index < -0.39 is 3.79 Å². The van der Waals surface area contributed by atoms with Crippen molar-refractivity contribution in [3.8, 4) is 0 Å². The molecule has 16 heavy (non-hydrogen) atoms. The highest BCUT2D eigenvalue weighted by Gasteiger charge is 2.32. The normalized spacial score (nSPS) is 13.2. The summed E-state index contributed by atoms with van der Waals surface area (Å²) in [5, 5.41) is 7.96. The highest BCUT2D eigenvalue weighted by atomic mass is 35.6. The molecule has 0 fully saturated rings. The third kappa shape index (κ3) is 3.51. The van der Waals surface area contributed by atoms with Crippen molar-refractivity contribution in [2.24, 2.45) is 5.41 Å². The minimum atomic E-state index is -1.51. The summed E-state index contributed by atoms with van der Waals surface area (Å²) in [7, 11) is 0. The second-order valence-electron chi connectivity index (χ2n) is 4.94. The number of aryl methyl sites for hydroxylation is 1. The third-order valence-corrected chi connectivity index (χ3v) is 2.64. The lowest BCUT2D eigenvalue weighted by Gasteiger charge is -2.20. The Bertz CT molecular complexity index is 360. The first kappa shape index (κ1) is 14.1. The van der Waals surface area contributed by atoms with E-state index in [1.807, 2.05) is 6.92 Å². The molecule has 1 aromatic rings. The molecule has 0 aliphatic rings. The van der Waals surface area contributed by atoms with Gasteiger partial charge in [0.15, 0.2) is 0 Å². The van der Waals surface area contributed by atoms with Gasteiger partial charge in [0.25, 0.3) is 0 Å². The standard InChI is InChI=1S/C10H16Cl3N3/c1-5-16-7(6-9(2,3)4)8(14-15-16)10(11,12)13/h5-6H2,1-4H3. The van der Waals surface area contributed by atoms with Gasteiger partial charge in [-0.1, -0.05) is 60.8 Å². The monoisotopic (exact) mass is 283 g/mol. The van der Waals surface area contributed by atoms with Crippen LogP contribution in [-0.4, -0.2) is 15.0 Å². The third-order valence-electron chi connectivity index (χ3n) is 2.10. The molecule has 0 aromatic carbocycles. The van der Waals surface area contributed by atoms with Gasteiger partial charge in [0, 0.05) is 6.54 Å². The van der Waals surface area contributed by atoms with Crippen LogP contribution in [0.25, 0.3) is 0 Å². The molecule has 92 valence electrons. The second kappa shape index (κ2) is 4.71. The molecule has 0 radical (unpaired) electrons. The lowest BCUT2D eigenvalue weighted by Crippen LogP contribution is -2.17. The van der Waals surface area contributed by atoms with Crippen molar-refractivity contribution in [2.75, 3.05) is 0 Å². The number of aromatic nitrogens is 3. The Kier molecular flexibility index (Phi) is 4.14. The highest BCUT2D eigenvalue weighted by Crippen LogP contribution is 2.40. The molecule has 3 nitrogen and oxygen atoms in total. The predicted molar refractivity (Wildman–Crippen MR) is 68.1 cm³/mol. The van der Waals surface area contributed by atoms with Gasteiger partial charge in [-0.25, -0.2) is 4.68 Å². The molecule has 1 aromatic heterocycles. The summed E-state index contributed by atoms with van der Waals surface area (Å²) < 4.78 is 0.274. The largest absolute Gasteiger partial charge is 0.249 e. The number of halogens is 3. The summed E-state index contributed by atoms with van der Waals surface area (Å²) in [4.78, 5) is 0. The molecular formula is C10H16Cl3N3. The van der Waals surface area contributed by atoms with E-state index in [1.54, 1.807) is 4.68 Å². The Morgan fingerprint density at radius 3 is 2.12 bits per heavy atom. The van der Waals surface area contributed by atoms with Gasteiger partial charge in [-0.15, -0.1) is 5.10 Å². The maximum atomic E-state index is 5.88. The average Bonchev–Trinajstić information content (AvgIpc) is 2.43. The van der Waals surface area contributed by atoms with Crippen LogP contribution in [-0.2, 0) is 16.8 Å². The molecule has 0 amide bonds. The lowest BCUT2D eigenvalue weighted by atomic mass is 9.90. The van der Waals surface area contributed by atoms with E-state index in [0.717, 1.165) is 18.7 Å². The molecule has 0 saturated carbocycles. The highest BCUT2D eigenvalue weighted by molar-refractivity contribution is 6.66. The predicted octanol–water partition coefficient (Wildman–Crippen LogP) is 3.71. The molecule has 0 saturated heterocycles. The number of hydrogen-bond acceptors (Lipinski definition) is 2. The first-order valence-corrected chi connectivity index (χ1v) is 6.28. The van der Waals surface area contributed by atoms with Gasteiger partial charge in [-0.05, 0) is 18.8 Å². The van der Waals surface area contributed by atoms with Gasteiger partial charge < -0.3 is 0 Å². The van der Waals surface area contributed by atoms with Crippen molar-refractivity contribution < 1.29 is 0 Å². The van der Waals surface area contributed by atoms with Crippen molar-refractivity contribution in [1.29, 1.82) is 0 Å².